The lowest BCUT2D eigenvalue weighted by Crippen LogP contribution is -2.58. The van der Waals surface area contributed by atoms with Crippen molar-refractivity contribution < 1.29 is 33.6 Å². The Labute approximate surface area is 579 Å². The molecule has 0 bridgehead atoms. The second-order valence-corrected chi connectivity index (χ2v) is 30.0. The molecule has 7 N–H and O–H groups in total. The number of ether oxygens (including phenoxy) is 2. The SMILES string of the molecule is CC1(C)CC(n2nnc3cc(-c4ccc(-c5ccnc(OC(F)F)c5)cc4O)nnc32)CC(C)(C)N1.CC1(C)CC(n2nnc3cc(-c4ccc(-c5cn[nH]n5)cc4O)nnc32)CC(C)(C)N1.COc1cc(-c2ccc(-c3cc4nnn(C5CC(C)(C)NC(C)(C)C5)c4nn3)c(O)c2)ncn1. The molecule has 0 spiro atoms. The summed E-state index contributed by atoms with van der Waals surface area (Å²) in [6.45, 7) is 23.4. The largest absolute Gasteiger partial charge is 0.507 e. The number of nitrogens with one attached hydrogen (secondary N) is 4. The third-order valence-electron chi connectivity index (χ3n) is 18.2. The molecule has 15 rings (SSSR count). The molecule has 12 aromatic rings. The Morgan fingerprint density at radius 2 is 0.812 bits per heavy atom. The van der Waals surface area contributed by atoms with E-state index in [0.29, 0.717) is 95.7 Å². The second kappa shape index (κ2) is 26.4. The van der Waals surface area contributed by atoms with Crippen LogP contribution in [0.2, 0.25) is 0 Å². The summed E-state index contributed by atoms with van der Waals surface area (Å²) in [6, 6.07) is 26.1. The first-order chi connectivity index (χ1) is 47.8. The lowest BCUT2D eigenvalue weighted by atomic mass is 9.79. The molecule has 31 heteroatoms. The zero-order valence-corrected chi connectivity index (χ0v) is 58.3. The Balaban J connectivity index is 0.000000136. The lowest BCUT2D eigenvalue weighted by Gasteiger charge is -2.46. The number of aromatic hydroxyl groups is 3. The quantitative estimate of drug-likeness (QED) is 0.0597. The third-order valence-corrected chi connectivity index (χ3v) is 18.2. The Morgan fingerprint density at radius 3 is 1.19 bits per heavy atom. The molecule has 9 aromatic heterocycles. The number of fused-ring (bicyclic) bond motifs is 3. The van der Waals surface area contributed by atoms with Gasteiger partial charge in [0.2, 0.25) is 28.7 Å². The maximum atomic E-state index is 12.5. The Hall–Kier alpha value is -10.8. The van der Waals surface area contributed by atoms with Crippen molar-refractivity contribution in [3.8, 4) is 96.4 Å². The molecule has 3 saturated heterocycles. The van der Waals surface area contributed by atoms with E-state index in [1.807, 2.05) is 38.3 Å². The van der Waals surface area contributed by atoms with Crippen LogP contribution >= 0.6 is 0 Å². The van der Waals surface area contributed by atoms with E-state index in [1.54, 1.807) is 67.9 Å². The number of aromatic nitrogens is 21. The van der Waals surface area contributed by atoms with Crippen molar-refractivity contribution in [3.63, 3.8) is 0 Å². The minimum absolute atomic E-state index is 0.0184. The number of phenolic OH excluding ortho intramolecular Hbond substituents is 3. The van der Waals surface area contributed by atoms with Gasteiger partial charge in [-0.25, -0.2) is 29.0 Å². The fourth-order valence-corrected chi connectivity index (χ4v) is 15.1. The van der Waals surface area contributed by atoms with Crippen molar-refractivity contribution in [3.05, 3.63) is 110 Å². The Kier molecular flexibility index (Phi) is 18.0. The second-order valence-electron chi connectivity index (χ2n) is 30.0. The molecule has 0 aliphatic carbocycles. The van der Waals surface area contributed by atoms with Crippen LogP contribution in [-0.2, 0) is 0 Å². The molecular weight excluding hydrogens is 1290 g/mol. The highest BCUT2D eigenvalue weighted by molar-refractivity contribution is 5.82. The number of rotatable bonds is 12. The molecule has 524 valence electrons. The van der Waals surface area contributed by atoms with Crippen molar-refractivity contribution in [2.75, 3.05) is 7.11 Å². The van der Waals surface area contributed by atoms with E-state index in [4.69, 9.17) is 4.74 Å². The normalized spacial score (nSPS) is 17.9. The van der Waals surface area contributed by atoms with Gasteiger partial charge in [0.1, 0.15) is 45.8 Å². The van der Waals surface area contributed by atoms with Gasteiger partial charge in [-0.1, -0.05) is 33.8 Å². The fraction of sp³-hybridized carbons (Fsp3) is 0.414. The van der Waals surface area contributed by atoms with Crippen LogP contribution in [0.1, 0.15) is 140 Å². The van der Waals surface area contributed by atoms with Crippen LogP contribution in [0, 0.1) is 0 Å². The van der Waals surface area contributed by atoms with E-state index in [9.17, 15) is 24.1 Å². The summed E-state index contributed by atoms with van der Waals surface area (Å²) in [5, 5.41) is 106. The number of pyridine rings is 1. The van der Waals surface area contributed by atoms with Crippen LogP contribution in [-0.4, -0.2) is 168 Å². The summed E-state index contributed by atoms with van der Waals surface area (Å²) in [7, 11) is 1.55. The number of aromatic amines is 1. The smallest absolute Gasteiger partial charge is 0.388 e. The molecule has 0 atom stereocenters. The molecule has 3 aromatic carbocycles. The summed E-state index contributed by atoms with van der Waals surface area (Å²) in [6.07, 6.45) is 9.80. The zero-order chi connectivity index (χ0) is 71.6. The van der Waals surface area contributed by atoms with Gasteiger partial charge in [0.05, 0.1) is 54.2 Å². The third kappa shape index (κ3) is 15.2. The van der Waals surface area contributed by atoms with Gasteiger partial charge in [0, 0.05) is 79.4 Å². The van der Waals surface area contributed by atoms with Crippen LogP contribution < -0.4 is 25.4 Å². The highest BCUT2D eigenvalue weighted by Crippen LogP contribution is 2.42. The average molecular weight is 1380 g/mol. The van der Waals surface area contributed by atoms with E-state index in [-0.39, 0.29) is 74.5 Å². The maximum absolute atomic E-state index is 12.5. The van der Waals surface area contributed by atoms with Crippen LogP contribution in [0.5, 0.6) is 29.0 Å². The topological polar surface area (TPSA) is 365 Å². The van der Waals surface area contributed by atoms with Crippen molar-refractivity contribution in [2.45, 2.75) is 180 Å². The van der Waals surface area contributed by atoms with Gasteiger partial charge >= 0.3 is 6.61 Å². The van der Waals surface area contributed by atoms with Gasteiger partial charge in [0.15, 0.2) is 0 Å². The molecule has 29 nitrogen and oxygen atoms in total. The molecule has 0 amide bonds. The minimum atomic E-state index is -2.97. The average Bonchev–Trinajstić information content (AvgIpc) is 1.72. The number of nitrogens with zero attached hydrogens (tertiary/aromatic N) is 20. The molecule has 0 radical (unpaired) electrons. The molecule has 101 heavy (non-hydrogen) atoms. The molecule has 0 unspecified atom stereocenters. The first kappa shape index (κ1) is 68.7. The fourth-order valence-electron chi connectivity index (χ4n) is 15.1. The van der Waals surface area contributed by atoms with Gasteiger partial charge in [0.25, 0.3) is 0 Å². The van der Waals surface area contributed by atoms with Crippen LogP contribution in [0.3, 0.4) is 0 Å². The van der Waals surface area contributed by atoms with Crippen LogP contribution in [0.25, 0.3) is 101 Å². The van der Waals surface area contributed by atoms with E-state index in [2.05, 4.69) is 196 Å². The van der Waals surface area contributed by atoms with E-state index < -0.39 is 6.61 Å². The number of hydrogen-bond donors (Lipinski definition) is 7. The highest BCUT2D eigenvalue weighted by Gasteiger charge is 2.42. The van der Waals surface area contributed by atoms with Crippen LogP contribution in [0.15, 0.2) is 110 Å². The van der Waals surface area contributed by atoms with E-state index in [0.717, 1.165) is 49.7 Å². The van der Waals surface area contributed by atoms with Gasteiger partial charge in [-0.05, 0) is 193 Å². The number of H-pyrrole nitrogens is 1. The number of halogens is 2. The number of hydrogen-bond acceptors (Lipinski definition) is 25. The molecular formula is C70H80F2N24O5. The lowest BCUT2D eigenvalue weighted by molar-refractivity contribution is -0.0528. The summed E-state index contributed by atoms with van der Waals surface area (Å²) in [4.78, 5) is 12.0. The van der Waals surface area contributed by atoms with Gasteiger partial charge in [-0.3, -0.25) is 0 Å². The molecule has 3 aliphatic rings. The maximum Gasteiger partial charge on any atom is 0.388 e. The summed E-state index contributed by atoms with van der Waals surface area (Å²) >= 11 is 0. The Bertz CT molecular complexity index is 4970. The van der Waals surface area contributed by atoms with Gasteiger partial charge in [-0.15, -0.1) is 45.9 Å². The van der Waals surface area contributed by atoms with E-state index >= 15 is 0 Å². The minimum Gasteiger partial charge on any atom is -0.507 e. The summed E-state index contributed by atoms with van der Waals surface area (Å²) < 4.78 is 40.2. The van der Waals surface area contributed by atoms with Crippen molar-refractivity contribution in [2.24, 2.45) is 0 Å². The Morgan fingerprint density at radius 1 is 0.426 bits per heavy atom. The monoisotopic (exact) mass is 1370 g/mol. The van der Waals surface area contributed by atoms with Gasteiger partial charge in [-0.2, -0.15) is 24.2 Å². The van der Waals surface area contributed by atoms with Gasteiger partial charge < -0.3 is 40.7 Å². The number of benzene rings is 3. The first-order valence-electron chi connectivity index (χ1n) is 33.1. The van der Waals surface area contributed by atoms with Crippen LogP contribution in [0.4, 0.5) is 8.78 Å². The molecule has 12 heterocycles. The summed E-state index contributed by atoms with van der Waals surface area (Å²) in [5.74, 6) is 0.365. The zero-order valence-electron chi connectivity index (χ0n) is 58.3. The van der Waals surface area contributed by atoms with Crippen molar-refractivity contribution in [1.82, 2.24) is 122 Å². The number of alkyl halides is 2. The predicted octanol–water partition coefficient (Wildman–Crippen LogP) is 11.1. The molecule has 0 saturated carbocycles. The van der Waals surface area contributed by atoms with Crippen molar-refractivity contribution >= 4 is 33.5 Å². The standard InChI is InChI=1S/C25H27F2N7O2.C24H28N8O2.C21H25N9O/c1-24(2)12-16(13-25(3,4)32-24)34-22-19(30-33-34)11-18(29-31-22)17-6-5-14(9-20(17)35)15-7-8-28-21(10-15)36-23(26)27;1-23(2)11-15(12-24(3,4)30-23)32-22-19(28-31-32)9-18(27-29-22)16-7-6-14(8-20(16)33)17-10-21(34-5)26-13-25-17;1-20(2)9-13(10-21(3,4)27-20)30-19-16(25-29-30)8-15(23-26-19)14-6-5-12(7-18(14)31)17-11-22-28-24-17/h5-11,16,23,32,35H,12-13H2,1-4H3;6-10,13,15,30,33H,11-12H2,1-5H3;5-8,11,13,27,31H,9-10H2,1-4H3,(H,22,24,28). The molecule has 3 aliphatic heterocycles. The van der Waals surface area contributed by atoms with Crippen molar-refractivity contribution in [1.29, 1.82) is 0 Å². The number of phenols is 3. The number of methoxy groups -OCH3 is 1. The molecule has 3 fully saturated rings. The predicted molar refractivity (Wildman–Crippen MR) is 372 cm³/mol. The first-order valence-corrected chi connectivity index (χ1v) is 33.1. The number of piperidine rings is 3. The van der Waals surface area contributed by atoms with E-state index in [1.165, 1.54) is 24.7 Å². The summed E-state index contributed by atoms with van der Waals surface area (Å²) in [5.41, 5.74) is 10.6. The highest BCUT2D eigenvalue weighted by atomic mass is 19.3.